The Kier molecular flexibility index (Phi) is 5.53. The molecule has 136 valence electrons. The number of hydrogen-bond donors (Lipinski definition) is 1. The smallest absolute Gasteiger partial charge is 0.336 e. The number of nitrogens with zero attached hydrogens (tertiary/aromatic N) is 1. The Balaban J connectivity index is 1.61. The van der Waals surface area contributed by atoms with Crippen LogP contribution in [0.15, 0.2) is 57.7 Å². The van der Waals surface area contributed by atoms with Gasteiger partial charge in [0.15, 0.2) is 6.61 Å². The molecule has 3 rings (SSSR count). The fourth-order valence-electron chi connectivity index (χ4n) is 2.74. The molecule has 3 aromatic rings. The van der Waals surface area contributed by atoms with E-state index in [4.69, 9.17) is 14.4 Å². The molecule has 1 N–H and O–H groups in total. The Labute approximate surface area is 156 Å². The van der Waals surface area contributed by atoms with Crippen molar-refractivity contribution in [2.75, 3.05) is 6.61 Å². The predicted octanol–water partition coefficient (Wildman–Crippen LogP) is 2.92. The number of carbonyl (C=O) groups excluding carboxylic acids is 1. The van der Waals surface area contributed by atoms with Crippen LogP contribution in [0.25, 0.3) is 11.0 Å². The molecule has 2 aromatic carbocycles. The van der Waals surface area contributed by atoms with Crippen LogP contribution in [0.2, 0.25) is 0 Å². The van der Waals surface area contributed by atoms with Gasteiger partial charge in [0.05, 0.1) is 11.6 Å². The fourth-order valence-corrected chi connectivity index (χ4v) is 2.74. The number of benzene rings is 2. The zero-order valence-electron chi connectivity index (χ0n) is 14.8. The number of hydrogen-bond acceptors (Lipinski definition) is 5. The molecule has 27 heavy (non-hydrogen) atoms. The molecule has 0 radical (unpaired) electrons. The summed E-state index contributed by atoms with van der Waals surface area (Å²) in [6.07, 6.45) is 0.720. The van der Waals surface area contributed by atoms with E-state index in [0.717, 1.165) is 22.9 Å². The Morgan fingerprint density at radius 3 is 2.85 bits per heavy atom. The van der Waals surface area contributed by atoms with Crippen LogP contribution in [0.1, 0.15) is 23.6 Å². The first-order chi connectivity index (χ1) is 13.1. The van der Waals surface area contributed by atoms with Crippen LogP contribution in [0.5, 0.6) is 5.75 Å². The van der Waals surface area contributed by atoms with E-state index < -0.39 is 5.63 Å². The highest BCUT2D eigenvalue weighted by Gasteiger charge is 2.08. The average Bonchev–Trinajstić information content (AvgIpc) is 2.69. The number of ether oxygens (including phenoxy) is 1. The zero-order chi connectivity index (χ0) is 19.2. The van der Waals surface area contributed by atoms with Gasteiger partial charge in [-0.3, -0.25) is 4.79 Å². The van der Waals surface area contributed by atoms with Gasteiger partial charge in [0, 0.05) is 24.1 Å². The molecule has 1 amide bonds. The van der Waals surface area contributed by atoms with E-state index in [1.165, 1.54) is 6.07 Å². The molecule has 0 unspecified atom stereocenters. The van der Waals surface area contributed by atoms with Crippen LogP contribution in [0.3, 0.4) is 0 Å². The minimum Gasteiger partial charge on any atom is -0.484 e. The lowest BCUT2D eigenvalue weighted by molar-refractivity contribution is -0.123. The zero-order valence-corrected chi connectivity index (χ0v) is 14.8. The lowest BCUT2D eigenvalue weighted by Crippen LogP contribution is -2.28. The van der Waals surface area contributed by atoms with Gasteiger partial charge in [0.2, 0.25) is 0 Å². The fraction of sp³-hybridized carbons (Fsp3) is 0.190. The summed E-state index contributed by atoms with van der Waals surface area (Å²) in [5, 5.41) is 12.5. The number of carbonyl (C=O) groups is 1. The Bertz CT molecular complexity index is 1080. The first-order valence-electron chi connectivity index (χ1n) is 8.54. The van der Waals surface area contributed by atoms with Crippen LogP contribution < -0.4 is 15.7 Å². The van der Waals surface area contributed by atoms with Gasteiger partial charge in [-0.2, -0.15) is 5.26 Å². The van der Waals surface area contributed by atoms with Crippen LogP contribution in [0.4, 0.5) is 0 Å². The molecule has 1 aromatic heterocycles. The van der Waals surface area contributed by atoms with Gasteiger partial charge in [0.1, 0.15) is 11.3 Å². The Morgan fingerprint density at radius 2 is 2.07 bits per heavy atom. The molecular formula is C21H18N2O4. The van der Waals surface area contributed by atoms with Crippen molar-refractivity contribution in [1.29, 1.82) is 5.26 Å². The minimum atomic E-state index is -0.408. The third kappa shape index (κ3) is 4.53. The summed E-state index contributed by atoms with van der Waals surface area (Å²) in [5.74, 6) is 0.154. The average molecular weight is 362 g/mol. The SMILES string of the molecule is CCc1cc(=O)oc2cc(OCC(=O)NCc3cccc(C#N)c3)ccc12. The van der Waals surface area contributed by atoms with Crippen molar-refractivity contribution in [2.24, 2.45) is 0 Å². The number of amides is 1. The van der Waals surface area contributed by atoms with Crippen molar-refractivity contribution in [3.63, 3.8) is 0 Å². The van der Waals surface area contributed by atoms with Crippen molar-refractivity contribution >= 4 is 16.9 Å². The molecule has 0 saturated heterocycles. The molecule has 0 atom stereocenters. The molecule has 1 heterocycles. The van der Waals surface area contributed by atoms with Gasteiger partial charge in [-0.05, 0) is 41.8 Å². The quantitative estimate of drug-likeness (QED) is 0.681. The van der Waals surface area contributed by atoms with Gasteiger partial charge in [-0.25, -0.2) is 4.79 Å². The molecular weight excluding hydrogens is 344 g/mol. The third-order valence-electron chi connectivity index (χ3n) is 4.10. The highest BCUT2D eigenvalue weighted by Crippen LogP contribution is 2.23. The number of nitrogens with one attached hydrogen (secondary N) is 1. The second-order valence-electron chi connectivity index (χ2n) is 5.98. The Morgan fingerprint density at radius 1 is 1.22 bits per heavy atom. The van der Waals surface area contributed by atoms with Gasteiger partial charge in [-0.1, -0.05) is 19.1 Å². The van der Waals surface area contributed by atoms with E-state index in [2.05, 4.69) is 11.4 Å². The lowest BCUT2D eigenvalue weighted by atomic mass is 10.1. The summed E-state index contributed by atoms with van der Waals surface area (Å²) in [4.78, 5) is 23.6. The summed E-state index contributed by atoms with van der Waals surface area (Å²) in [5.41, 5.74) is 2.31. The largest absolute Gasteiger partial charge is 0.484 e. The van der Waals surface area contributed by atoms with Crippen molar-refractivity contribution in [2.45, 2.75) is 19.9 Å². The molecule has 6 heteroatoms. The number of fused-ring (bicyclic) bond motifs is 1. The Hall–Kier alpha value is -3.59. The van der Waals surface area contributed by atoms with Crippen molar-refractivity contribution < 1.29 is 13.9 Å². The molecule has 0 aliphatic heterocycles. The maximum atomic E-state index is 12.0. The van der Waals surface area contributed by atoms with Crippen LogP contribution in [-0.2, 0) is 17.8 Å². The summed E-state index contributed by atoms with van der Waals surface area (Å²) in [6.45, 7) is 2.11. The summed E-state index contributed by atoms with van der Waals surface area (Å²) in [6, 6.07) is 15.7. The highest BCUT2D eigenvalue weighted by atomic mass is 16.5. The maximum Gasteiger partial charge on any atom is 0.336 e. The number of nitriles is 1. The van der Waals surface area contributed by atoms with Crippen molar-refractivity contribution in [3.05, 3.63) is 75.6 Å². The molecule has 6 nitrogen and oxygen atoms in total. The van der Waals surface area contributed by atoms with Crippen LogP contribution in [-0.4, -0.2) is 12.5 Å². The minimum absolute atomic E-state index is 0.166. The predicted molar refractivity (Wildman–Crippen MR) is 100 cm³/mol. The molecule has 0 aliphatic rings. The van der Waals surface area contributed by atoms with Crippen molar-refractivity contribution in [3.8, 4) is 11.8 Å². The summed E-state index contributed by atoms with van der Waals surface area (Å²) >= 11 is 0. The molecule has 0 fully saturated rings. The van der Waals surface area contributed by atoms with Crippen LogP contribution in [0, 0.1) is 11.3 Å². The first-order valence-corrected chi connectivity index (χ1v) is 8.54. The molecule has 0 spiro atoms. The van der Waals surface area contributed by atoms with E-state index in [-0.39, 0.29) is 12.5 Å². The van der Waals surface area contributed by atoms with E-state index >= 15 is 0 Å². The van der Waals surface area contributed by atoms with E-state index in [1.54, 1.807) is 30.3 Å². The van der Waals surface area contributed by atoms with Gasteiger partial charge < -0.3 is 14.5 Å². The lowest BCUT2D eigenvalue weighted by Gasteiger charge is -2.09. The van der Waals surface area contributed by atoms with Crippen molar-refractivity contribution in [1.82, 2.24) is 5.32 Å². The standard InChI is InChI=1S/C21H18N2O4/c1-2-16-9-21(25)27-19-10-17(6-7-18(16)19)26-13-20(24)23-12-15-5-3-4-14(8-15)11-22/h3-10H,2,12-13H2,1H3,(H,23,24). The number of aryl methyl sites for hydroxylation is 1. The van der Waals surface area contributed by atoms with Gasteiger partial charge in [-0.15, -0.1) is 0 Å². The normalized spacial score (nSPS) is 10.4. The molecule has 0 saturated carbocycles. The summed E-state index contributed by atoms with van der Waals surface area (Å²) < 4.78 is 10.7. The monoisotopic (exact) mass is 362 g/mol. The maximum absolute atomic E-state index is 12.0. The van der Waals surface area contributed by atoms with E-state index in [9.17, 15) is 9.59 Å². The first kappa shape index (κ1) is 18.2. The number of rotatable bonds is 6. The van der Waals surface area contributed by atoms with Gasteiger partial charge in [0.25, 0.3) is 5.91 Å². The van der Waals surface area contributed by atoms with Crippen LogP contribution >= 0.6 is 0 Å². The molecule has 0 aliphatic carbocycles. The summed E-state index contributed by atoms with van der Waals surface area (Å²) in [7, 11) is 0. The second-order valence-corrected chi connectivity index (χ2v) is 5.98. The van der Waals surface area contributed by atoms with E-state index in [0.29, 0.717) is 23.4 Å². The molecule has 0 bridgehead atoms. The topological polar surface area (TPSA) is 92.3 Å². The highest BCUT2D eigenvalue weighted by molar-refractivity contribution is 5.82. The van der Waals surface area contributed by atoms with E-state index in [1.807, 2.05) is 19.1 Å². The second kappa shape index (κ2) is 8.19. The van der Waals surface area contributed by atoms with Gasteiger partial charge >= 0.3 is 5.63 Å². The third-order valence-corrected chi connectivity index (χ3v) is 4.10.